The number of nitrogens with zero attached hydrogens (tertiary/aromatic N) is 2. The molecule has 0 bridgehead atoms. The van der Waals surface area contributed by atoms with Crippen molar-refractivity contribution < 1.29 is 33.8 Å². The molecular formula is C41H36IN3O7. The number of rotatable bonds is 7. The van der Waals surface area contributed by atoms with Gasteiger partial charge in [-0.3, -0.25) is 29.5 Å². The number of hydrazine groups is 1. The molecule has 0 spiro atoms. The number of nitrogens with one attached hydrogen (secondary N) is 1. The first-order chi connectivity index (χ1) is 25.1. The first-order valence-corrected chi connectivity index (χ1v) is 18.2. The fourth-order valence-corrected chi connectivity index (χ4v) is 9.41. The van der Waals surface area contributed by atoms with Crippen LogP contribution in [0.2, 0.25) is 0 Å². The van der Waals surface area contributed by atoms with Crippen LogP contribution in [0.5, 0.6) is 17.2 Å². The lowest BCUT2D eigenvalue weighted by Gasteiger charge is -2.50. The highest BCUT2D eigenvalue weighted by atomic mass is 127. The van der Waals surface area contributed by atoms with E-state index in [4.69, 9.17) is 9.47 Å². The maximum atomic E-state index is 15.4. The first kappa shape index (κ1) is 33.9. The number of methoxy groups -OCH3 is 2. The van der Waals surface area contributed by atoms with Crippen LogP contribution in [-0.2, 0) is 24.6 Å². The van der Waals surface area contributed by atoms with Crippen molar-refractivity contribution in [3.8, 4) is 17.2 Å². The molecule has 2 aliphatic carbocycles. The van der Waals surface area contributed by atoms with E-state index in [2.05, 4.69) is 28.0 Å². The number of aromatic hydroxyl groups is 1. The maximum Gasteiger partial charge on any atom is 0.260 e. The lowest BCUT2D eigenvalue weighted by molar-refractivity contribution is -0.138. The van der Waals surface area contributed by atoms with Crippen molar-refractivity contribution in [3.63, 3.8) is 0 Å². The molecule has 2 saturated heterocycles. The number of ether oxygens (including phenoxy) is 2. The molecule has 1 saturated carbocycles. The largest absolute Gasteiger partial charge is 0.502 e. The highest BCUT2D eigenvalue weighted by molar-refractivity contribution is 14.1. The van der Waals surface area contributed by atoms with E-state index in [1.807, 2.05) is 79.7 Å². The number of imide groups is 2. The fourth-order valence-electron chi connectivity index (χ4n) is 9.05. The maximum absolute atomic E-state index is 15.4. The monoisotopic (exact) mass is 809 g/mol. The lowest BCUT2D eigenvalue weighted by Crippen LogP contribution is -2.53. The quantitative estimate of drug-likeness (QED) is 0.123. The van der Waals surface area contributed by atoms with Crippen LogP contribution in [0.25, 0.3) is 0 Å². The normalized spacial score (nSPS) is 26.5. The zero-order valence-corrected chi connectivity index (χ0v) is 30.9. The van der Waals surface area contributed by atoms with Crippen LogP contribution in [0.3, 0.4) is 0 Å². The van der Waals surface area contributed by atoms with Crippen molar-refractivity contribution in [2.75, 3.05) is 24.5 Å². The predicted molar refractivity (Wildman–Crippen MR) is 202 cm³/mol. The van der Waals surface area contributed by atoms with Crippen LogP contribution in [-0.4, -0.2) is 48.0 Å². The number of aryl methyl sites for hydroxylation is 1. The first-order valence-electron chi connectivity index (χ1n) is 17.2. The molecule has 2 aliphatic heterocycles. The van der Waals surface area contributed by atoms with E-state index in [1.165, 1.54) is 19.1 Å². The van der Waals surface area contributed by atoms with Crippen LogP contribution >= 0.6 is 22.6 Å². The van der Waals surface area contributed by atoms with Gasteiger partial charge in [0.1, 0.15) is 0 Å². The standard InChI is InChI=1S/C41H36IN3O7/c1-22-9-13-26(14-10-22)43-45-38(48)31-21-30-28(17-18-29-34(30)39(49)44(37(29)47)27-15-11-25(42)12-16-27)35(23-19-32(51-2)36(46)33(20-23)52-3)41(31,40(45)50)24-7-5-4-6-8-24/h4-17,19-20,29-31,34-35,43,46H,18,21H2,1-3H3. The summed E-state index contributed by atoms with van der Waals surface area (Å²) >= 11 is 2.18. The fraction of sp³-hybridized carbons (Fsp3) is 0.268. The summed E-state index contributed by atoms with van der Waals surface area (Å²) < 4.78 is 12.2. The minimum Gasteiger partial charge on any atom is -0.502 e. The summed E-state index contributed by atoms with van der Waals surface area (Å²) in [6.07, 6.45) is 2.45. The van der Waals surface area contributed by atoms with Gasteiger partial charge in [-0.15, -0.1) is 0 Å². The SMILES string of the molecule is COc1cc(C2C3=CCC4C(=O)N(c5ccc(I)cc5)C(=O)C4C3CC3C(=O)N(Nc4ccc(C)cc4)C(=O)C32c2ccccc2)cc(OC)c1O. The van der Waals surface area contributed by atoms with Crippen LogP contribution in [0.4, 0.5) is 11.4 Å². The molecule has 0 aromatic heterocycles. The van der Waals surface area contributed by atoms with Gasteiger partial charge in [0.25, 0.3) is 11.8 Å². The minimum atomic E-state index is -1.47. The van der Waals surface area contributed by atoms with Gasteiger partial charge in [0, 0.05) is 9.49 Å². The second-order valence-electron chi connectivity index (χ2n) is 13.9. The second kappa shape index (κ2) is 12.8. The molecule has 11 heteroatoms. The molecular weight excluding hydrogens is 773 g/mol. The summed E-state index contributed by atoms with van der Waals surface area (Å²) in [4.78, 5) is 60.1. The predicted octanol–water partition coefficient (Wildman–Crippen LogP) is 6.51. The average Bonchev–Trinajstić information content (AvgIpc) is 3.54. The van der Waals surface area contributed by atoms with Crippen LogP contribution in [0.15, 0.2) is 103 Å². The van der Waals surface area contributed by atoms with Crippen molar-refractivity contribution in [3.05, 3.63) is 123 Å². The molecule has 2 heterocycles. The van der Waals surface area contributed by atoms with Crippen molar-refractivity contribution >= 4 is 57.6 Å². The Morgan fingerprint density at radius 2 is 1.48 bits per heavy atom. The third kappa shape index (κ3) is 4.96. The Morgan fingerprint density at radius 3 is 2.12 bits per heavy atom. The number of halogens is 1. The summed E-state index contributed by atoms with van der Waals surface area (Å²) in [6, 6.07) is 27.3. The van der Waals surface area contributed by atoms with Crippen LogP contribution < -0.4 is 19.8 Å². The number of phenolic OH excluding ortho intramolecular Hbond substituents is 1. The smallest absolute Gasteiger partial charge is 0.260 e. The Labute approximate surface area is 314 Å². The molecule has 4 amide bonds. The third-order valence-corrected chi connectivity index (χ3v) is 12.0. The van der Waals surface area contributed by atoms with Gasteiger partial charge in [-0.05, 0) is 108 Å². The molecule has 6 atom stereocenters. The number of amides is 4. The number of carbonyl (C=O) groups excluding carboxylic acids is 4. The lowest BCUT2D eigenvalue weighted by atomic mass is 9.49. The number of benzene rings is 4. The molecule has 2 N–H and O–H groups in total. The van der Waals surface area contributed by atoms with E-state index in [0.717, 1.165) is 19.7 Å². The van der Waals surface area contributed by atoms with E-state index in [0.29, 0.717) is 22.5 Å². The van der Waals surface area contributed by atoms with Gasteiger partial charge < -0.3 is 14.6 Å². The van der Waals surface area contributed by atoms with Gasteiger partial charge in [0.15, 0.2) is 11.5 Å². The van der Waals surface area contributed by atoms with Crippen molar-refractivity contribution in [1.82, 2.24) is 5.01 Å². The van der Waals surface area contributed by atoms with E-state index >= 15 is 4.79 Å². The van der Waals surface area contributed by atoms with Gasteiger partial charge in [0.2, 0.25) is 17.6 Å². The van der Waals surface area contributed by atoms with Crippen LogP contribution in [0.1, 0.15) is 35.4 Å². The summed E-state index contributed by atoms with van der Waals surface area (Å²) in [5, 5.41) is 12.1. The molecule has 4 aromatic rings. The summed E-state index contributed by atoms with van der Waals surface area (Å²) in [6.45, 7) is 1.96. The van der Waals surface area contributed by atoms with E-state index in [-0.39, 0.29) is 41.9 Å². The molecule has 52 heavy (non-hydrogen) atoms. The van der Waals surface area contributed by atoms with Gasteiger partial charge in [-0.1, -0.05) is 59.7 Å². The topological polar surface area (TPSA) is 125 Å². The minimum absolute atomic E-state index is 0.133. The number of hydrogen-bond donors (Lipinski definition) is 2. The zero-order chi connectivity index (χ0) is 36.5. The van der Waals surface area contributed by atoms with Gasteiger partial charge in [-0.2, -0.15) is 5.01 Å². The number of allylic oxidation sites excluding steroid dienone is 2. The Morgan fingerprint density at radius 1 is 0.827 bits per heavy atom. The number of fused-ring (bicyclic) bond motifs is 4. The Balaban J connectivity index is 1.35. The van der Waals surface area contributed by atoms with Crippen molar-refractivity contribution in [1.29, 1.82) is 0 Å². The molecule has 10 nitrogen and oxygen atoms in total. The second-order valence-corrected chi connectivity index (χ2v) is 15.1. The third-order valence-electron chi connectivity index (χ3n) is 11.3. The summed E-state index contributed by atoms with van der Waals surface area (Å²) in [5.41, 5.74) is 5.74. The number of hydrogen-bond acceptors (Lipinski definition) is 8. The molecule has 6 unspecified atom stereocenters. The molecule has 4 aromatic carbocycles. The highest BCUT2D eigenvalue weighted by Crippen LogP contribution is 2.65. The summed E-state index contributed by atoms with van der Waals surface area (Å²) in [7, 11) is 2.86. The average molecular weight is 810 g/mol. The Hall–Kier alpha value is -5.17. The highest BCUT2D eigenvalue weighted by Gasteiger charge is 2.70. The number of carbonyl (C=O) groups is 4. The van der Waals surface area contributed by atoms with Gasteiger partial charge >= 0.3 is 0 Å². The van der Waals surface area contributed by atoms with Crippen LogP contribution in [0, 0.1) is 34.2 Å². The number of anilines is 2. The summed E-state index contributed by atoms with van der Waals surface area (Å²) in [5.74, 6) is -5.03. The number of phenols is 1. The Bertz CT molecular complexity index is 2130. The molecule has 0 radical (unpaired) electrons. The van der Waals surface area contributed by atoms with Crippen molar-refractivity contribution in [2.45, 2.75) is 31.1 Å². The molecule has 3 fully saturated rings. The van der Waals surface area contributed by atoms with E-state index < -0.39 is 46.8 Å². The molecule has 8 rings (SSSR count). The van der Waals surface area contributed by atoms with Gasteiger partial charge in [-0.25, -0.2) is 0 Å². The van der Waals surface area contributed by atoms with Gasteiger partial charge in [0.05, 0.1) is 48.8 Å². The zero-order valence-electron chi connectivity index (χ0n) is 28.7. The van der Waals surface area contributed by atoms with E-state index in [1.54, 1.807) is 24.3 Å². The van der Waals surface area contributed by atoms with Crippen molar-refractivity contribution in [2.24, 2.45) is 23.7 Å². The molecule has 4 aliphatic rings. The Kier molecular flexibility index (Phi) is 8.36. The van der Waals surface area contributed by atoms with E-state index in [9.17, 15) is 19.5 Å². The molecule has 264 valence electrons.